The fourth-order valence-corrected chi connectivity index (χ4v) is 3.44. The van der Waals surface area contributed by atoms with Crippen LogP contribution >= 0.6 is 27.5 Å². The van der Waals surface area contributed by atoms with Crippen LogP contribution in [0.5, 0.6) is 5.75 Å². The molecule has 0 saturated carbocycles. The number of benzene rings is 3. The van der Waals surface area contributed by atoms with Gasteiger partial charge in [0.15, 0.2) is 0 Å². The van der Waals surface area contributed by atoms with Gasteiger partial charge in [0.25, 0.3) is 0 Å². The van der Waals surface area contributed by atoms with Gasteiger partial charge < -0.3 is 4.74 Å². The van der Waals surface area contributed by atoms with Gasteiger partial charge in [-0.15, -0.1) is 0 Å². The number of fused-ring (bicyclic) bond motifs is 1. The van der Waals surface area contributed by atoms with Gasteiger partial charge in [0.05, 0.1) is 17.0 Å². The van der Waals surface area contributed by atoms with Crippen molar-refractivity contribution in [2.75, 3.05) is 7.11 Å². The number of rotatable bonds is 3. The lowest BCUT2D eigenvalue weighted by Crippen LogP contribution is -1.95. The van der Waals surface area contributed by atoms with Crippen LogP contribution in [0.1, 0.15) is 16.0 Å². The quantitative estimate of drug-likeness (QED) is 0.521. The molecule has 3 rings (SSSR count). The Kier molecular flexibility index (Phi) is 4.18. The summed E-state index contributed by atoms with van der Waals surface area (Å²) in [6.07, 6.45) is 0. The third kappa shape index (κ3) is 2.78. The maximum atomic E-state index is 6.23. The molecular formula is C18H14BrClO. The van der Waals surface area contributed by atoms with Crippen molar-refractivity contribution in [3.05, 3.63) is 76.8 Å². The molecule has 0 aliphatic heterocycles. The van der Waals surface area contributed by atoms with E-state index in [0.717, 1.165) is 5.56 Å². The Bertz CT molecular complexity index is 780. The molecule has 0 aliphatic rings. The lowest BCUT2D eigenvalue weighted by Gasteiger charge is -2.15. The van der Waals surface area contributed by atoms with E-state index in [9.17, 15) is 0 Å². The topological polar surface area (TPSA) is 9.23 Å². The molecule has 0 spiro atoms. The van der Waals surface area contributed by atoms with Crippen LogP contribution in [-0.4, -0.2) is 7.11 Å². The number of alkyl halides is 1. The Balaban J connectivity index is 2.08. The minimum atomic E-state index is 0.0898. The highest BCUT2D eigenvalue weighted by Crippen LogP contribution is 2.37. The smallest absolute Gasteiger partial charge is 0.137 e. The molecule has 106 valence electrons. The number of methoxy groups -OCH3 is 1. The molecule has 1 nitrogen and oxygen atoms in total. The maximum Gasteiger partial charge on any atom is 0.137 e. The average Bonchev–Trinajstić information content (AvgIpc) is 2.53. The van der Waals surface area contributed by atoms with Crippen molar-refractivity contribution in [3.63, 3.8) is 0 Å². The first-order valence-corrected chi connectivity index (χ1v) is 7.95. The number of hydrogen-bond donors (Lipinski definition) is 0. The number of hydrogen-bond acceptors (Lipinski definition) is 1. The molecule has 0 radical (unpaired) electrons. The van der Waals surface area contributed by atoms with E-state index in [2.05, 4.69) is 58.4 Å². The van der Waals surface area contributed by atoms with Crippen molar-refractivity contribution >= 4 is 38.3 Å². The van der Waals surface area contributed by atoms with Crippen molar-refractivity contribution in [2.45, 2.75) is 4.83 Å². The minimum absolute atomic E-state index is 0.0898. The van der Waals surface area contributed by atoms with E-state index in [1.54, 1.807) is 7.11 Å². The fraction of sp³-hybridized carbons (Fsp3) is 0.111. The van der Waals surface area contributed by atoms with Crippen LogP contribution in [0.15, 0.2) is 60.7 Å². The second-order valence-corrected chi connectivity index (χ2v) is 6.15. The first kappa shape index (κ1) is 14.4. The largest absolute Gasteiger partial charge is 0.495 e. The molecule has 0 fully saturated rings. The predicted octanol–water partition coefficient (Wildman–Crippen LogP) is 5.99. The molecular weight excluding hydrogens is 348 g/mol. The molecule has 3 aromatic rings. The molecule has 3 heteroatoms. The highest BCUT2D eigenvalue weighted by atomic mass is 79.9. The normalized spacial score (nSPS) is 12.3. The van der Waals surface area contributed by atoms with Crippen molar-refractivity contribution in [1.29, 1.82) is 0 Å². The number of ether oxygens (including phenoxy) is 1. The van der Waals surface area contributed by atoms with Crippen LogP contribution < -0.4 is 4.74 Å². The number of halogens is 2. The average molecular weight is 362 g/mol. The van der Waals surface area contributed by atoms with E-state index in [0.29, 0.717) is 10.8 Å². The standard InChI is InChI=1S/C18H14BrClO/c1-21-17-10-9-13(11-16(17)20)18(19)15-8-4-6-12-5-2-3-7-14(12)15/h2-11,18H,1H3. The van der Waals surface area contributed by atoms with Crippen molar-refractivity contribution in [2.24, 2.45) is 0 Å². The molecule has 3 aromatic carbocycles. The molecule has 1 atom stereocenters. The Morgan fingerprint density at radius 1 is 1.00 bits per heavy atom. The monoisotopic (exact) mass is 360 g/mol. The SMILES string of the molecule is COc1ccc(C(Br)c2cccc3ccccc23)cc1Cl. The third-order valence-electron chi connectivity index (χ3n) is 3.56. The van der Waals surface area contributed by atoms with E-state index < -0.39 is 0 Å². The van der Waals surface area contributed by atoms with Gasteiger partial charge in [0, 0.05) is 0 Å². The van der Waals surface area contributed by atoms with Crippen molar-refractivity contribution in [3.8, 4) is 5.75 Å². The Hall–Kier alpha value is -1.51. The van der Waals surface area contributed by atoms with Crippen LogP contribution in [-0.2, 0) is 0 Å². The minimum Gasteiger partial charge on any atom is -0.495 e. The van der Waals surface area contributed by atoms with E-state index in [-0.39, 0.29) is 4.83 Å². The van der Waals surface area contributed by atoms with E-state index >= 15 is 0 Å². The molecule has 21 heavy (non-hydrogen) atoms. The second-order valence-electron chi connectivity index (χ2n) is 4.82. The van der Waals surface area contributed by atoms with Crippen molar-refractivity contribution in [1.82, 2.24) is 0 Å². The van der Waals surface area contributed by atoms with Gasteiger partial charge in [-0.3, -0.25) is 0 Å². The van der Waals surface area contributed by atoms with E-state index in [1.165, 1.54) is 16.3 Å². The Morgan fingerprint density at radius 3 is 2.52 bits per heavy atom. The summed E-state index contributed by atoms with van der Waals surface area (Å²) in [4.78, 5) is 0.0898. The summed E-state index contributed by atoms with van der Waals surface area (Å²) in [7, 11) is 1.62. The summed E-state index contributed by atoms with van der Waals surface area (Å²) in [5, 5.41) is 3.10. The zero-order valence-electron chi connectivity index (χ0n) is 11.5. The summed E-state index contributed by atoms with van der Waals surface area (Å²) in [5.41, 5.74) is 2.34. The zero-order valence-corrected chi connectivity index (χ0v) is 13.9. The van der Waals surface area contributed by atoms with Crippen LogP contribution in [0, 0.1) is 0 Å². The highest BCUT2D eigenvalue weighted by molar-refractivity contribution is 9.09. The molecule has 0 heterocycles. The lowest BCUT2D eigenvalue weighted by atomic mass is 9.98. The molecule has 1 unspecified atom stereocenters. The molecule has 0 saturated heterocycles. The summed E-state index contributed by atoms with van der Waals surface area (Å²) in [6, 6.07) is 20.6. The van der Waals surface area contributed by atoms with Crippen LogP contribution in [0.3, 0.4) is 0 Å². The highest BCUT2D eigenvalue weighted by Gasteiger charge is 2.14. The fourth-order valence-electron chi connectivity index (χ4n) is 2.49. The van der Waals surface area contributed by atoms with Crippen LogP contribution in [0.4, 0.5) is 0 Å². The van der Waals surface area contributed by atoms with Crippen LogP contribution in [0.25, 0.3) is 10.8 Å². The summed E-state index contributed by atoms with van der Waals surface area (Å²) in [5.74, 6) is 0.693. The first-order chi connectivity index (χ1) is 10.2. The second kappa shape index (κ2) is 6.08. The third-order valence-corrected chi connectivity index (χ3v) is 4.88. The lowest BCUT2D eigenvalue weighted by molar-refractivity contribution is 0.415. The van der Waals surface area contributed by atoms with Gasteiger partial charge in [0.1, 0.15) is 5.75 Å². The van der Waals surface area contributed by atoms with E-state index in [4.69, 9.17) is 16.3 Å². The molecule has 0 bridgehead atoms. The van der Waals surface area contributed by atoms with Gasteiger partial charge in [-0.25, -0.2) is 0 Å². The van der Waals surface area contributed by atoms with Crippen molar-refractivity contribution < 1.29 is 4.74 Å². The zero-order chi connectivity index (χ0) is 14.8. The Labute approximate surface area is 137 Å². The molecule has 0 aliphatic carbocycles. The molecule has 0 amide bonds. The first-order valence-electron chi connectivity index (χ1n) is 6.66. The summed E-state index contributed by atoms with van der Waals surface area (Å²) >= 11 is 10.0. The Morgan fingerprint density at radius 2 is 1.76 bits per heavy atom. The molecule has 0 N–H and O–H groups in total. The van der Waals surface area contributed by atoms with Gasteiger partial charge in [0.2, 0.25) is 0 Å². The van der Waals surface area contributed by atoms with Gasteiger partial charge >= 0.3 is 0 Å². The summed E-state index contributed by atoms with van der Waals surface area (Å²) < 4.78 is 5.21. The van der Waals surface area contributed by atoms with Gasteiger partial charge in [-0.2, -0.15) is 0 Å². The molecule has 0 aromatic heterocycles. The van der Waals surface area contributed by atoms with Gasteiger partial charge in [-0.05, 0) is 34.0 Å². The van der Waals surface area contributed by atoms with Gasteiger partial charge in [-0.1, -0.05) is 76.1 Å². The predicted molar refractivity (Wildman–Crippen MR) is 92.7 cm³/mol. The summed E-state index contributed by atoms with van der Waals surface area (Å²) in [6.45, 7) is 0. The van der Waals surface area contributed by atoms with E-state index in [1.807, 2.05) is 18.2 Å². The maximum absolute atomic E-state index is 6.23. The van der Waals surface area contributed by atoms with Crippen LogP contribution in [0.2, 0.25) is 5.02 Å².